The zero-order valence-electron chi connectivity index (χ0n) is 17.2. The third-order valence-electron chi connectivity index (χ3n) is 5.05. The van der Waals surface area contributed by atoms with Crippen LogP contribution in [0.25, 0.3) is 0 Å². The number of rotatable bonds is 8. The van der Waals surface area contributed by atoms with E-state index in [-0.39, 0.29) is 29.9 Å². The van der Waals surface area contributed by atoms with Crippen LogP contribution in [0.5, 0.6) is 11.5 Å². The van der Waals surface area contributed by atoms with E-state index in [1.54, 1.807) is 20.3 Å². The first-order valence-corrected chi connectivity index (χ1v) is 9.62. The van der Waals surface area contributed by atoms with Gasteiger partial charge in [0.25, 0.3) is 11.8 Å². The Balaban J connectivity index is 2.10. The van der Waals surface area contributed by atoms with E-state index in [0.717, 1.165) is 5.56 Å². The molecule has 2 aromatic carbocycles. The highest BCUT2D eigenvalue weighted by Crippen LogP contribution is 2.45. The van der Waals surface area contributed by atoms with Crippen LogP contribution in [-0.2, 0) is 4.74 Å². The molecule has 0 aliphatic carbocycles. The molecule has 0 radical (unpaired) electrons. The van der Waals surface area contributed by atoms with Gasteiger partial charge in [-0.15, -0.1) is 0 Å². The van der Waals surface area contributed by atoms with Crippen LogP contribution < -0.4 is 20.1 Å². The molecule has 1 heterocycles. The van der Waals surface area contributed by atoms with Crippen molar-refractivity contribution in [2.24, 2.45) is 0 Å². The molecule has 160 valence electrons. The zero-order valence-corrected chi connectivity index (χ0v) is 17.2. The number of aliphatic hydroxyl groups is 1. The normalized spacial score (nSPS) is 17.1. The Hall–Kier alpha value is -3.10. The predicted molar refractivity (Wildman–Crippen MR) is 110 cm³/mol. The Kier molecular flexibility index (Phi) is 6.91. The number of carbonyl (C=O) groups is 2. The monoisotopic (exact) mass is 414 g/mol. The minimum atomic E-state index is -0.595. The maximum absolute atomic E-state index is 12.7. The van der Waals surface area contributed by atoms with Gasteiger partial charge in [0.1, 0.15) is 17.6 Å². The summed E-state index contributed by atoms with van der Waals surface area (Å²) in [6.07, 6.45) is -0.595. The van der Waals surface area contributed by atoms with Crippen LogP contribution in [0.4, 0.5) is 0 Å². The molecule has 8 nitrogen and oxygen atoms in total. The number of fused-ring (bicyclic) bond motifs is 1. The largest absolute Gasteiger partial charge is 0.497 e. The summed E-state index contributed by atoms with van der Waals surface area (Å²) >= 11 is 0. The smallest absolute Gasteiger partial charge is 0.254 e. The number of amides is 2. The van der Waals surface area contributed by atoms with Crippen molar-refractivity contribution in [3.8, 4) is 11.5 Å². The van der Waals surface area contributed by atoms with Gasteiger partial charge in [0.15, 0.2) is 0 Å². The zero-order chi connectivity index (χ0) is 21.7. The highest BCUT2D eigenvalue weighted by atomic mass is 16.5. The van der Waals surface area contributed by atoms with Gasteiger partial charge in [-0.2, -0.15) is 0 Å². The standard InChI is InChI=1S/C22H26N2O6/c1-23-22(27)17-11-14(21(26)24-7-8-28-2)10-16-19(18(12-25)30-20(16)17)13-5-4-6-15(9-13)29-3/h4-6,9-11,18-19,25H,7-8,12H2,1-3H3,(H,23,27)(H,24,26). The molecule has 0 saturated heterocycles. The van der Waals surface area contributed by atoms with Crippen molar-refractivity contribution < 1.29 is 28.9 Å². The Morgan fingerprint density at radius 2 is 1.97 bits per heavy atom. The topological polar surface area (TPSA) is 106 Å². The minimum Gasteiger partial charge on any atom is -0.497 e. The van der Waals surface area contributed by atoms with Crippen molar-refractivity contribution in [1.29, 1.82) is 0 Å². The van der Waals surface area contributed by atoms with Gasteiger partial charge in [0.05, 0.1) is 31.8 Å². The molecule has 2 aromatic rings. The number of benzene rings is 2. The lowest BCUT2D eigenvalue weighted by atomic mass is 9.86. The van der Waals surface area contributed by atoms with Crippen LogP contribution in [0.3, 0.4) is 0 Å². The maximum atomic E-state index is 12.7. The molecule has 0 bridgehead atoms. The van der Waals surface area contributed by atoms with Gasteiger partial charge < -0.3 is 30.0 Å². The van der Waals surface area contributed by atoms with E-state index < -0.39 is 6.10 Å². The second-order valence-corrected chi connectivity index (χ2v) is 6.86. The first-order valence-electron chi connectivity index (χ1n) is 9.62. The Labute approximate surface area is 175 Å². The lowest BCUT2D eigenvalue weighted by Crippen LogP contribution is -2.27. The van der Waals surface area contributed by atoms with E-state index in [1.807, 2.05) is 24.3 Å². The molecular weight excluding hydrogens is 388 g/mol. The summed E-state index contributed by atoms with van der Waals surface area (Å²) in [5.74, 6) is -0.0277. The van der Waals surface area contributed by atoms with E-state index in [0.29, 0.717) is 35.8 Å². The summed E-state index contributed by atoms with van der Waals surface area (Å²) in [4.78, 5) is 25.2. The van der Waals surface area contributed by atoms with E-state index in [2.05, 4.69) is 10.6 Å². The van der Waals surface area contributed by atoms with Crippen molar-refractivity contribution in [1.82, 2.24) is 10.6 Å². The molecule has 2 unspecified atom stereocenters. The fraction of sp³-hybridized carbons (Fsp3) is 0.364. The molecule has 1 aliphatic heterocycles. The lowest BCUT2D eigenvalue weighted by Gasteiger charge is -2.18. The van der Waals surface area contributed by atoms with Crippen molar-refractivity contribution in [2.75, 3.05) is 41.0 Å². The van der Waals surface area contributed by atoms with Gasteiger partial charge in [0.2, 0.25) is 0 Å². The molecule has 3 rings (SSSR count). The molecular formula is C22H26N2O6. The average molecular weight is 414 g/mol. The molecule has 0 aromatic heterocycles. The Morgan fingerprint density at radius 3 is 2.63 bits per heavy atom. The van der Waals surface area contributed by atoms with E-state index in [9.17, 15) is 14.7 Å². The van der Waals surface area contributed by atoms with Gasteiger partial charge >= 0.3 is 0 Å². The van der Waals surface area contributed by atoms with E-state index in [1.165, 1.54) is 13.1 Å². The van der Waals surface area contributed by atoms with Crippen LogP contribution in [0.15, 0.2) is 36.4 Å². The van der Waals surface area contributed by atoms with Crippen LogP contribution in [-0.4, -0.2) is 64.1 Å². The number of hydrogen-bond acceptors (Lipinski definition) is 6. The molecule has 2 amide bonds. The third kappa shape index (κ3) is 4.24. The SMILES string of the molecule is CNC(=O)c1cc(C(=O)NCCOC)cc2c1OC(CO)C2c1cccc(OC)c1. The molecule has 8 heteroatoms. The van der Waals surface area contributed by atoms with Crippen molar-refractivity contribution in [3.05, 3.63) is 58.7 Å². The lowest BCUT2D eigenvalue weighted by molar-refractivity contribution is 0.0937. The number of ether oxygens (including phenoxy) is 3. The summed E-state index contributed by atoms with van der Waals surface area (Å²) in [5, 5.41) is 15.3. The van der Waals surface area contributed by atoms with Gasteiger partial charge in [-0.25, -0.2) is 0 Å². The first kappa shape index (κ1) is 21.6. The van der Waals surface area contributed by atoms with Crippen molar-refractivity contribution in [2.45, 2.75) is 12.0 Å². The van der Waals surface area contributed by atoms with Crippen LogP contribution in [0.2, 0.25) is 0 Å². The summed E-state index contributed by atoms with van der Waals surface area (Å²) in [7, 11) is 4.64. The first-order chi connectivity index (χ1) is 14.5. The molecule has 0 saturated carbocycles. The summed E-state index contributed by atoms with van der Waals surface area (Å²) < 4.78 is 16.3. The summed E-state index contributed by atoms with van der Waals surface area (Å²) in [6, 6.07) is 10.6. The number of carbonyl (C=O) groups excluding carboxylic acids is 2. The average Bonchev–Trinajstić information content (AvgIpc) is 3.16. The second-order valence-electron chi connectivity index (χ2n) is 6.86. The second kappa shape index (κ2) is 9.60. The Bertz CT molecular complexity index is 930. The van der Waals surface area contributed by atoms with E-state index in [4.69, 9.17) is 14.2 Å². The van der Waals surface area contributed by atoms with Gasteiger partial charge in [-0.1, -0.05) is 12.1 Å². The molecule has 0 spiro atoms. The van der Waals surface area contributed by atoms with Crippen LogP contribution in [0.1, 0.15) is 37.8 Å². The van der Waals surface area contributed by atoms with Crippen LogP contribution >= 0.6 is 0 Å². The number of methoxy groups -OCH3 is 2. The maximum Gasteiger partial charge on any atom is 0.254 e. The predicted octanol–water partition coefficient (Wildman–Crippen LogP) is 1.32. The summed E-state index contributed by atoms with van der Waals surface area (Å²) in [5.41, 5.74) is 2.10. The molecule has 0 fully saturated rings. The van der Waals surface area contributed by atoms with Crippen molar-refractivity contribution >= 4 is 11.8 Å². The number of nitrogens with one attached hydrogen (secondary N) is 2. The Morgan fingerprint density at radius 1 is 1.17 bits per heavy atom. The highest BCUT2D eigenvalue weighted by Gasteiger charge is 2.38. The number of aliphatic hydroxyl groups excluding tert-OH is 1. The van der Waals surface area contributed by atoms with Gasteiger partial charge in [-0.3, -0.25) is 9.59 Å². The fourth-order valence-electron chi connectivity index (χ4n) is 3.61. The molecule has 30 heavy (non-hydrogen) atoms. The van der Waals surface area contributed by atoms with E-state index >= 15 is 0 Å². The fourth-order valence-corrected chi connectivity index (χ4v) is 3.61. The molecule has 1 aliphatic rings. The van der Waals surface area contributed by atoms with Gasteiger partial charge in [-0.05, 0) is 29.8 Å². The third-order valence-corrected chi connectivity index (χ3v) is 5.05. The summed E-state index contributed by atoms with van der Waals surface area (Å²) in [6.45, 7) is 0.469. The highest BCUT2D eigenvalue weighted by molar-refractivity contribution is 6.02. The molecule has 2 atom stereocenters. The van der Waals surface area contributed by atoms with Gasteiger partial charge in [0, 0.05) is 31.8 Å². The van der Waals surface area contributed by atoms with Crippen molar-refractivity contribution in [3.63, 3.8) is 0 Å². The quantitative estimate of drug-likeness (QED) is 0.563. The van der Waals surface area contributed by atoms with Crippen LogP contribution in [0, 0.1) is 0 Å². The minimum absolute atomic E-state index is 0.246. The molecule has 3 N–H and O–H groups in total. The number of hydrogen-bond donors (Lipinski definition) is 3.